The van der Waals surface area contributed by atoms with E-state index in [-0.39, 0.29) is 54.9 Å². The SMILES string of the molecule is C[C@@H](COCCC(=O)N1CCN2c3ncc(C(F)(F)F)cc3OCC[C@H]2C1)Nc1cn[nH]c(=O)c1C1CC1. The molecule has 0 unspecified atom stereocenters. The zero-order chi connectivity index (χ0) is 26.9. The van der Waals surface area contributed by atoms with Crippen molar-refractivity contribution in [2.75, 3.05) is 49.7 Å². The van der Waals surface area contributed by atoms with Crippen molar-refractivity contribution in [1.82, 2.24) is 20.1 Å². The Morgan fingerprint density at radius 3 is 2.87 bits per heavy atom. The molecule has 1 saturated carbocycles. The second-order valence-electron chi connectivity index (χ2n) is 10.0. The number of hydrogen-bond acceptors (Lipinski definition) is 8. The molecule has 0 spiro atoms. The smallest absolute Gasteiger partial charge is 0.418 e. The molecule has 2 aromatic heterocycles. The molecule has 2 aliphatic heterocycles. The van der Waals surface area contributed by atoms with E-state index in [9.17, 15) is 22.8 Å². The highest BCUT2D eigenvalue weighted by atomic mass is 19.4. The second kappa shape index (κ2) is 10.8. The van der Waals surface area contributed by atoms with Crippen LogP contribution in [0.25, 0.3) is 0 Å². The maximum absolute atomic E-state index is 13.1. The molecule has 0 radical (unpaired) electrons. The van der Waals surface area contributed by atoms with Crippen molar-refractivity contribution in [3.63, 3.8) is 0 Å². The van der Waals surface area contributed by atoms with Crippen molar-refractivity contribution in [2.24, 2.45) is 0 Å². The highest BCUT2D eigenvalue weighted by molar-refractivity contribution is 5.76. The molecule has 0 aromatic carbocycles. The van der Waals surface area contributed by atoms with Gasteiger partial charge in [0.05, 0.1) is 49.7 Å². The van der Waals surface area contributed by atoms with E-state index in [4.69, 9.17) is 9.47 Å². The first-order valence-corrected chi connectivity index (χ1v) is 12.9. The maximum atomic E-state index is 13.1. The molecule has 206 valence electrons. The van der Waals surface area contributed by atoms with Gasteiger partial charge in [0, 0.05) is 43.9 Å². The number of amides is 1. The number of hydrogen-bond donors (Lipinski definition) is 2. The summed E-state index contributed by atoms with van der Waals surface area (Å²) in [5, 5.41) is 9.67. The van der Waals surface area contributed by atoms with Gasteiger partial charge in [-0.1, -0.05) is 0 Å². The Morgan fingerprint density at radius 2 is 2.11 bits per heavy atom. The summed E-state index contributed by atoms with van der Waals surface area (Å²) in [5.41, 5.74) is 0.454. The predicted molar refractivity (Wildman–Crippen MR) is 132 cm³/mol. The van der Waals surface area contributed by atoms with Crippen molar-refractivity contribution in [1.29, 1.82) is 0 Å². The molecule has 13 heteroatoms. The number of fused-ring (bicyclic) bond motifs is 3. The molecule has 3 aliphatic rings. The summed E-state index contributed by atoms with van der Waals surface area (Å²) >= 11 is 0. The first kappa shape index (κ1) is 26.3. The number of carbonyl (C=O) groups excluding carboxylic acids is 1. The summed E-state index contributed by atoms with van der Waals surface area (Å²) in [6.45, 7) is 4.15. The molecule has 38 heavy (non-hydrogen) atoms. The fourth-order valence-corrected chi connectivity index (χ4v) is 5.01. The lowest BCUT2D eigenvalue weighted by atomic mass is 10.1. The maximum Gasteiger partial charge on any atom is 0.418 e. The van der Waals surface area contributed by atoms with E-state index >= 15 is 0 Å². The monoisotopic (exact) mass is 536 g/mol. The molecule has 1 amide bonds. The number of aromatic amines is 1. The van der Waals surface area contributed by atoms with Crippen molar-refractivity contribution in [3.05, 3.63) is 39.9 Å². The fraction of sp³-hybridized carbons (Fsp3) is 0.600. The Labute approximate surface area is 217 Å². The Hall–Kier alpha value is -3.35. The van der Waals surface area contributed by atoms with Gasteiger partial charge in [-0.05, 0) is 31.7 Å². The second-order valence-corrected chi connectivity index (χ2v) is 10.0. The van der Waals surface area contributed by atoms with Gasteiger partial charge >= 0.3 is 6.18 Å². The first-order chi connectivity index (χ1) is 18.2. The third kappa shape index (κ3) is 5.87. The molecule has 1 aliphatic carbocycles. The molecule has 10 nitrogen and oxygen atoms in total. The van der Waals surface area contributed by atoms with E-state index in [0.717, 1.165) is 36.4 Å². The van der Waals surface area contributed by atoms with E-state index in [1.165, 1.54) is 0 Å². The van der Waals surface area contributed by atoms with Gasteiger partial charge in [-0.2, -0.15) is 18.3 Å². The van der Waals surface area contributed by atoms with Gasteiger partial charge in [-0.15, -0.1) is 0 Å². The third-order valence-corrected chi connectivity index (χ3v) is 7.09. The molecule has 0 bridgehead atoms. The van der Waals surface area contributed by atoms with Crippen LogP contribution in [0.3, 0.4) is 0 Å². The van der Waals surface area contributed by atoms with Gasteiger partial charge in [0.2, 0.25) is 5.91 Å². The van der Waals surface area contributed by atoms with Gasteiger partial charge in [0.15, 0.2) is 11.6 Å². The molecule has 5 rings (SSSR count). The first-order valence-electron chi connectivity index (χ1n) is 12.9. The van der Waals surface area contributed by atoms with Crippen LogP contribution >= 0.6 is 0 Å². The van der Waals surface area contributed by atoms with Gasteiger partial charge in [0.25, 0.3) is 5.56 Å². The zero-order valence-corrected chi connectivity index (χ0v) is 21.1. The third-order valence-electron chi connectivity index (χ3n) is 7.09. The Bertz CT molecular complexity index is 1220. The van der Waals surface area contributed by atoms with Crippen LogP contribution in [-0.2, 0) is 15.7 Å². The average molecular weight is 537 g/mol. The molecular weight excluding hydrogens is 505 g/mol. The molecule has 2 atom stereocenters. The number of aromatic nitrogens is 3. The number of H-pyrrole nitrogens is 1. The number of alkyl halides is 3. The zero-order valence-electron chi connectivity index (χ0n) is 21.1. The summed E-state index contributed by atoms with van der Waals surface area (Å²) < 4.78 is 50.6. The van der Waals surface area contributed by atoms with Gasteiger partial charge in [0.1, 0.15) is 0 Å². The van der Waals surface area contributed by atoms with Crippen LogP contribution in [-0.4, -0.2) is 77.5 Å². The van der Waals surface area contributed by atoms with Gasteiger partial charge in [-0.3, -0.25) is 9.59 Å². The van der Waals surface area contributed by atoms with Crippen molar-refractivity contribution in [2.45, 2.75) is 56.8 Å². The standard InChI is InChI=1S/C25H31F3N6O4/c1-15(31-19-12-30-32-24(36)22(19)16-2-3-16)14-37-8-5-21(35)33-6-7-34-18(13-33)4-9-38-20-10-17(25(26,27)28)11-29-23(20)34/h10-12,15-16,18H,2-9,13-14H2,1H3,(H2,31,32,36)/t15-,18-/m0/s1. The number of halogens is 3. The van der Waals surface area contributed by atoms with Crippen molar-refractivity contribution < 1.29 is 27.4 Å². The minimum absolute atomic E-state index is 0.0363. The lowest BCUT2D eigenvalue weighted by molar-refractivity contribution is -0.138. The summed E-state index contributed by atoms with van der Waals surface area (Å²) in [7, 11) is 0. The average Bonchev–Trinajstić information content (AvgIpc) is 3.72. The van der Waals surface area contributed by atoms with Crippen LogP contribution in [0.4, 0.5) is 24.7 Å². The van der Waals surface area contributed by atoms with Crippen LogP contribution in [0.15, 0.2) is 23.3 Å². The quantitative estimate of drug-likeness (QED) is 0.496. The lowest BCUT2D eigenvalue weighted by Gasteiger charge is -2.41. The molecule has 2 fully saturated rings. The molecule has 2 N–H and O–H groups in total. The number of pyridine rings is 1. The number of carbonyl (C=O) groups is 1. The van der Waals surface area contributed by atoms with Crippen LogP contribution in [0, 0.1) is 0 Å². The summed E-state index contributed by atoms with van der Waals surface area (Å²) in [6, 6.07) is 0.826. The summed E-state index contributed by atoms with van der Waals surface area (Å²) in [6.07, 6.45) is 0.749. The summed E-state index contributed by atoms with van der Waals surface area (Å²) in [4.78, 5) is 32.7. The van der Waals surface area contributed by atoms with E-state index in [1.54, 1.807) is 11.1 Å². The summed E-state index contributed by atoms with van der Waals surface area (Å²) in [5.74, 6) is 0.749. The number of nitrogens with one attached hydrogen (secondary N) is 2. The van der Waals surface area contributed by atoms with Crippen molar-refractivity contribution in [3.8, 4) is 5.75 Å². The fourth-order valence-electron chi connectivity index (χ4n) is 5.01. The Morgan fingerprint density at radius 1 is 1.29 bits per heavy atom. The number of nitrogens with zero attached hydrogens (tertiary/aromatic N) is 4. The van der Waals surface area contributed by atoms with E-state index < -0.39 is 11.7 Å². The van der Waals surface area contributed by atoms with Gasteiger partial charge < -0.3 is 24.6 Å². The van der Waals surface area contributed by atoms with E-state index in [0.29, 0.717) is 38.5 Å². The van der Waals surface area contributed by atoms with Gasteiger partial charge in [-0.25, -0.2) is 10.1 Å². The van der Waals surface area contributed by atoms with Crippen LogP contribution in [0.5, 0.6) is 5.75 Å². The highest BCUT2D eigenvalue weighted by Crippen LogP contribution is 2.41. The van der Waals surface area contributed by atoms with Crippen LogP contribution < -0.4 is 20.5 Å². The number of rotatable bonds is 8. The number of ether oxygens (including phenoxy) is 2. The number of anilines is 2. The van der Waals surface area contributed by atoms with E-state index in [2.05, 4.69) is 20.5 Å². The minimum Gasteiger partial charge on any atom is -0.490 e. The Kier molecular flexibility index (Phi) is 7.46. The lowest BCUT2D eigenvalue weighted by Crippen LogP contribution is -2.55. The predicted octanol–water partition coefficient (Wildman–Crippen LogP) is 2.77. The van der Waals surface area contributed by atoms with Crippen molar-refractivity contribution >= 4 is 17.4 Å². The number of piperazine rings is 1. The molecule has 2 aromatic rings. The largest absolute Gasteiger partial charge is 0.490 e. The van der Waals surface area contributed by atoms with E-state index in [1.807, 2.05) is 11.8 Å². The minimum atomic E-state index is -4.49. The normalized spacial score (nSPS) is 20.2. The molecule has 1 saturated heterocycles. The molecule has 4 heterocycles. The van der Waals surface area contributed by atoms with Crippen LogP contribution in [0.2, 0.25) is 0 Å². The molecular formula is C25H31F3N6O4. The Balaban J connectivity index is 1.09. The highest BCUT2D eigenvalue weighted by Gasteiger charge is 2.37. The van der Waals surface area contributed by atoms with Crippen LogP contribution in [0.1, 0.15) is 49.7 Å². The topological polar surface area (TPSA) is 113 Å².